The van der Waals surface area contributed by atoms with Gasteiger partial charge in [-0.05, 0) is 25.1 Å². The maximum absolute atomic E-state index is 3.29. The zero-order valence-corrected chi connectivity index (χ0v) is 7.99. The first kappa shape index (κ1) is 8.32. The fourth-order valence-corrected chi connectivity index (χ4v) is 1.59. The smallest absolute Gasteiger partial charge is 0.0576 e. The van der Waals surface area contributed by atoms with Gasteiger partial charge in [-0.3, -0.25) is 5.01 Å². The van der Waals surface area contributed by atoms with E-state index in [2.05, 4.69) is 54.3 Å². The first-order valence-corrected chi connectivity index (χ1v) is 4.42. The third kappa shape index (κ3) is 1.45. The monoisotopic (exact) mass is 173 g/mol. The maximum Gasteiger partial charge on any atom is 0.0576 e. The van der Waals surface area contributed by atoms with Gasteiger partial charge in [0.2, 0.25) is 0 Å². The molecule has 1 aliphatic heterocycles. The third-order valence-corrected chi connectivity index (χ3v) is 2.22. The molecule has 0 unspecified atom stereocenters. The minimum absolute atomic E-state index is 0.876. The lowest BCUT2D eigenvalue weighted by Gasteiger charge is -2.27. The summed E-state index contributed by atoms with van der Waals surface area (Å²) in [5, 5.41) is 4.31. The van der Waals surface area contributed by atoms with E-state index in [4.69, 9.17) is 0 Å². The van der Waals surface area contributed by atoms with Crippen molar-refractivity contribution >= 4 is 5.69 Å². The summed E-state index contributed by atoms with van der Waals surface area (Å²) >= 11 is 0. The van der Waals surface area contributed by atoms with Crippen LogP contribution in [0.3, 0.4) is 0 Å². The topological polar surface area (TPSA) is 6.48 Å². The summed E-state index contributed by atoms with van der Waals surface area (Å²) in [5.74, 6) is 0. The minimum Gasteiger partial charge on any atom is -0.278 e. The van der Waals surface area contributed by atoms with Crippen LogP contribution in [0.5, 0.6) is 0 Å². The van der Waals surface area contributed by atoms with Gasteiger partial charge in [0.25, 0.3) is 0 Å². The molecule has 0 amide bonds. The average Bonchev–Trinajstić information content (AvgIpc) is 2.48. The predicted octanol–water partition coefficient (Wildman–Crippen LogP) is 2.06. The van der Waals surface area contributed by atoms with Crippen molar-refractivity contribution in [3.63, 3.8) is 0 Å². The molecule has 67 valence electrons. The number of allylic oxidation sites excluding steroid dienone is 1. The Morgan fingerprint density at radius 1 is 1.23 bits per heavy atom. The first-order valence-electron chi connectivity index (χ1n) is 4.42. The highest BCUT2D eigenvalue weighted by molar-refractivity contribution is 5.50. The Kier molecular flexibility index (Phi) is 2.07. The second-order valence-corrected chi connectivity index (χ2v) is 3.23. The summed E-state index contributed by atoms with van der Waals surface area (Å²) < 4.78 is 0. The van der Waals surface area contributed by atoms with E-state index in [-0.39, 0.29) is 0 Å². The lowest BCUT2D eigenvalue weighted by molar-refractivity contribution is 0.388. The zero-order chi connectivity index (χ0) is 9.26. The molecule has 0 bridgehead atoms. The Morgan fingerprint density at radius 2 is 1.92 bits per heavy atom. The molecular weight excluding hydrogens is 160 g/mol. The van der Waals surface area contributed by atoms with Crippen LogP contribution in [-0.4, -0.2) is 18.6 Å². The number of hydrazine groups is 1. The van der Waals surface area contributed by atoms with Gasteiger partial charge in [-0.15, -0.1) is 0 Å². The summed E-state index contributed by atoms with van der Waals surface area (Å²) in [6.45, 7) is 2.96. The molecule has 0 spiro atoms. The maximum atomic E-state index is 3.29. The van der Waals surface area contributed by atoms with E-state index >= 15 is 0 Å². The fourth-order valence-electron chi connectivity index (χ4n) is 1.59. The molecule has 2 rings (SSSR count). The molecule has 0 saturated carbocycles. The summed E-state index contributed by atoms with van der Waals surface area (Å²) in [5.41, 5.74) is 2.38. The molecule has 1 heterocycles. The average molecular weight is 173 g/mol. The molecule has 2 heteroatoms. The zero-order valence-electron chi connectivity index (χ0n) is 7.99. The van der Waals surface area contributed by atoms with Crippen LogP contribution in [0.2, 0.25) is 0 Å². The lowest BCUT2D eigenvalue weighted by Crippen LogP contribution is -2.33. The normalized spacial score (nSPS) is 17.7. The van der Waals surface area contributed by atoms with Gasteiger partial charge in [-0.1, -0.05) is 18.2 Å². The molecular formula is C11H13N2. The molecule has 0 atom stereocenters. The molecule has 0 fully saturated rings. The number of nitrogens with zero attached hydrogens (tertiary/aromatic N) is 2. The van der Waals surface area contributed by atoms with Gasteiger partial charge in [0.15, 0.2) is 0 Å². The van der Waals surface area contributed by atoms with Crippen molar-refractivity contribution in [3.8, 4) is 0 Å². The van der Waals surface area contributed by atoms with E-state index in [1.54, 1.807) is 0 Å². The van der Waals surface area contributed by atoms with Crippen LogP contribution >= 0.6 is 0 Å². The van der Waals surface area contributed by atoms with E-state index in [1.165, 1.54) is 11.4 Å². The molecule has 2 nitrogen and oxygen atoms in total. The molecule has 0 aliphatic carbocycles. The quantitative estimate of drug-likeness (QED) is 0.641. The van der Waals surface area contributed by atoms with Crippen molar-refractivity contribution < 1.29 is 0 Å². The highest BCUT2D eigenvalue weighted by Crippen LogP contribution is 2.23. The summed E-state index contributed by atoms with van der Waals surface area (Å²) in [6, 6.07) is 10.3. The van der Waals surface area contributed by atoms with E-state index in [0.717, 1.165) is 6.54 Å². The van der Waals surface area contributed by atoms with E-state index in [0.29, 0.717) is 0 Å². The van der Waals surface area contributed by atoms with Crippen LogP contribution in [0.15, 0.2) is 36.0 Å². The number of anilines is 1. The highest BCUT2D eigenvalue weighted by atomic mass is 15.6. The molecule has 0 saturated heterocycles. The van der Waals surface area contributed by atoms with E-state index in [1.807, 2.05) is 6.07 Å². The summed E-state index contributed by atoms with van der Waals surface area (Å²) in [4.78, 5) is 0. The van der Waals surface area contributed by atoms with Crippen molar-refractivity contribution in [2.45, 2.75) is 6.92 Å². The Labute approximate surface area is 79.1 Å². The predicted molar refractivity (Wildman–Crippen MR) is 54.0 cm³/mol. The van der Waals surface area contributed by atoms with Gasteiger partial charge in [0.1, 0.15) is 0 Å². The number of benzene rings is 1. The summed E-state index contributed by atoms with van der Waals surface area (Å²) in [6.07, 6.45) is 3.29. The lowest BCUT2D eigenvalue weighted by atomic mass is 10.3. The number of rotatable bonds is 1. The van der Waals surface area contributed by atoms with Crippen molar-refractivity contribution in [1.82, 2.24) is 5.01 Å². The largest absolute Gasteiger partial charge is 0.278 e. The summed E-state index contributed by atoms with van der Waals surface area (Å²) in [7, 11) is 2.07. The molecule has 13 heavy (non-hydrogen) atoms. The molecule has 1 aromatic carbocycles. The van der Waals surface area contributed by atoms with E-state index < -0.39 is 0 Å². The molecule has 1 aliphatic rings. The number of hydrogen-bond donors (Lipinski definition) is 0. The standard InChI is InChI=1S/C11H13N2/c1-10-8-9-12(2)13(10)11-6-4-3-5-7-11/h3-7H,9H2,1-2H3. The van der Waals surface area contributed by atoms with Gasteiger partial charge >= 0.3 is 0 Å². The van der Waals surface area contributed by atoms with Crippen molar-refractivity contribution in [2.24, 2.45) is 0 Å². The Bertz CT molecular complexity index is 316. The number of likely N-dealkylation sites (N-methyl/N-ethyl adjacent to an activating group) is 1. The van der Waals surface area contributed by atoms with Crippen molar-refractivity contribution in [1.29, 1.82) is 0 Å². The number of para-hydroxylation sites is 1. The second kappa shape index (κ2) is 3.23. The molecule has 1 aromatic rings. The van der Waals surface area contributed by atoms with Crippen LogP contribution in [0.25, 0.3) is 0 Å². The van der Waals surface area contributed by atoms with Gasteiger partial charge in [0.05, 0.1) is 5.69 Å². The van der Waals surface area contributed by atoms with E-state index in [9.17, 15) is 0 Å². The molecule has 0 N–H and O–H groups in total. The number of hydrogen-bond acceptors (Lipinski definition) is 2. The van der Waals surface area contributed by atoms with Gasteiger partial charge in [0, 0.05) is 19.3 Å². The minimum atomic E-state index is 0.876. The van der Waals surface area contributed by atoms with Crippen LogP contribution in [0.4, 0.5) is 5.69 Å². The molecule has 1 radical (unpaired) electrons. The highest BCUT2D eigenvalue weighted by Gasteiger charge is 2.18. The molecule has 0 aromatic heterocycles. The van der Waals surface area contributed by atoms with Crippen molar-refractivity contribution in [2.75, 3.05) is 18.6 Å². The van der Waals surface area contributed by atoms with Crippen molar-refractivity contribution in [3.05, 3.63) is 42.1 Å². The second-order valence-electron chi connectivity index (χ2n) is 3.23. The third-order valence-electron chi connectivity index (χ3n) is 2.22. The van der Waals surface area contributed by atoms with Crippen LogP contribution in [-0.2, 0) is 0 Å². The SMILES string of the molecule is CC1=[C]CN(C)N1c1ccccc1. The fraction of sp³-hybridized carbons (Fsp3) is 0.273. The van der Waals surface area contributed by atoms with Gasteiger partial charge in [-0.25, -0.2) is 5.01 Å². The Morgan fingerprint density at radius 3 is 2.46 bits per heavy atom. The van der Waals surface area contributed by atoms with Crippen LogP contribution < -0.4 is 5.01 Å². The Balaban J connectivity index is 2.31. The van der Waals surface area contributed by atoms with Gasteiger partial charge in [-0.2, -0.15) is 0 Å². The van der Waals surface area contributed by atoms with Gasteiger partial charge < -0.3 is 0 Å². The van der Waals surface area contributed by atoms with Crippen LogP contribution in [0.1, 0.15) is 6.92 Å². The first-order chi connectivity index (χ1) is 6.29. The van der Waals surface area contributed by atoms with Crippen LogP contribution in [0, 0.1) is 6.08 Å². The Hall–Kier alpha value is -1.28.